The fourth-order valence-electron chi connectivity index (χ4n) is 6.11. The van der Waals surface area contributed by atoms with Gasteiger partial charge < -0.3 is 25.4 Å². The predicted octanol–water partition coefficient (Wildman–Crippen LogP) is 8.34. The summed E-state index contributed by atoms with van der Waals surface area (Å²) in [7, 11) is 0. The van der Waals surface area contributed by atoms with Crippen LogP contribution in [0, 0.1) is 23.1 Å². The van der Waals surface area contributed by atoms with E-state index in [-0.39, 0.29) is 60.3 Å². The van der Waals surface area contributed by atoms with Gasteiger partial charge in [0.05, 0.1) is 11.1 Å². The lowest BCUT2D eigenvalue weighted by Crippen LogP contribution is -2.45. The standard InChI is InChI=1S/C40H61FN4O7S/c1-10-13-14-15-18-45(36(48)19-26(6)11-2)33(25(4)5)22-34(52-27(7)46)38-44-32(24-53-38)37(49)42-29(23-40(8,9)39(50)51)20-28-16-17-31(30(41)21-28)43-35(47)12-3/h16-17,21,24-26,29,33-34H,10-15,18-20,22-23H2,1-9H3,(H,42,49)(H,43,47)(H,50,51)/t26-,29-,33?,34+/m0/s1. The molecule has 1 unspecified atom stereocenters. The number of nitrogens with zero attached hydrogens (tertiary/aromatic N) is 2. The molecule has 4 atom stereocenters. The Hall–Kier alpha value is -3.87. The van der Waals surface area contributed by atoms with E-state index in [1.807, 2.05) is 18.7 Å². The van der Waals surface area contributed by atoms with Crippen molar-refractivity contribution in [1.82, 2.24) is 15.2 Å². The summed E-state index contributed by atoms with van der Waals surface area (Å²) in [5, 5.41) is 17.2. The normalized spacial score (nSPS) is 13.9. The number of ether oxygens (including phenoxy) is 1. The molecule has 1 aromatic carbocycles. The van der Waals surface area contributed by atoms with Gasteiger partial charge >= 0.3 is 11.9 Å². The number of carbonyl (C=O) groups is 5. The van der Waals surface area contributed by atoms with E-state index in [9.17, 15) is 33.5 Å². The largest absolute Gasteiger partial charge is 0.481 e. The molecule has 0 saturated carbocycles. The minimum atomic E-state index is -1.22. The van der Waals surface area contributed by atoms with Crippen LogP contribution in [0.2, 0.25) is 0 Å². The van der Waals surface area contributed by atoms with Crippen LogP contribution in [0.15, 0.2) is 23.6 Å². The van der Waals surface area contributed by atoms with Gasteiger partial charge in [0.2, 0.25) is 11.8 Å². The van der Waals surface area contributed by atoms with Crippen LogP contribution in [0.3, 0.4) is 0 Å². The third kappa shape index (κ3) is 14.8. The SMILES string of the molecule is CCCCCCN(C(=O)C[C@@H](C)CC)C(C[C@@H](OC(C)=O)c1nc(C(=O)N[C@@H](Cc2ccc(NC(=O)CC)c(F)c2)CC(C)(C)C(=O)O)cs1)C(C)C. The van der Waals surface area contributed by atoms with Crippen molar-refractivity contribution in [1.29, 1.82) is 0 Å². The number of benzene rings is 1. The zero-order chi connectivity index (χ0) is 39.9. The van der Waals surface area contributed by atoms with E-state index in [2.05, 4.69) is 36.4 Å². The summed E-state index contributed by atoms with van der Waals surface area (Å²) in [6.45, 7) is 17.0. The van der Waals surface area contributed by atoms with Crippen molar-refractivity contribution in [2.24, 2.45) is 17.3 Å². The van der Waals surface area contributed by atoms with Gasteiger partial charge in [-0.1, -0.05) is 73.3 Å². The Morgan fingerprint density at radius 1 is 1.06 bits per heavy atom. The fourth-order valence-corrected chi connectivity index (χ4v) is 6.95. The first kappa shape index (κ1) is 45.3. The van der Waals surface area contributed by atoms with Gasteiger partial charge in [-0.2, -0.15) is 0 Å². The van der Waals surface area contributed by atoms with Gasteiger partial charge in [-0.25, -0.2) is 9.37 Å². The quantitative estimate of drug-likeness (QED) is 0.0755. The second-order valence-electron chi connectivity index (χ2n) is 15.1. The maximum atomic E-state index is 14.9. The number of carboxylic acid groups (broad SMARTS) is 1. The van der Waals surface area contributed by atoms with Gasteiger partial charge in [0.1, 0.15) is 16.5 Å². The highest BCUT2D eigenvalue weighted by Gasteiger charge is 2.34. The van der Waals surface area contributed by atoms with Gasteiger partial charge in [0.15, 0.2) is 6.10 Å². The summed E-state index contributed by atoms with van der Waals surface area (Å²) in [6.07, 6.45) is 5.19. The van der Waals surface area contributed by atoms with Crippen LogP contribution in [0.25, 0.3) is 0 Å². The third-order valence-corrected chi connectivity index (χ3v) is 10.5. The Morgan fingerprint density at radius 3 is 2.32 bits per heavy atom. The average molecular weight is 761 g/mol. The Balaban J connectivity index is 2.39. The predicted molar refractivity (Wildman–Crippen MR) is 206 cm³/mol. The molecular formula is C40H61FN4O7S. The number of aromatic nitrogens is 1. The summed E-state index contributed by atoms with van der Waals surface area (Å²) in [5.41, 5.74) is -0.628. The molecule has 11 nitrogen and oxygen atoms in total. The lowest BCUT2D eigenvalue weighted by molar-refractivity contribution is -0.149. The maximum absolute atomic E-state index is 14.9. The molecule has 1 heterocycles. The van der Waals surface area contributed by atoms with Crippen molar-refractivity contribution in [3.8, 4) is 0 Å². The molecule has 3 N–H and O–H groups in total. The maximum Gasteiger partial charge on any atom is 0.309 e. The van der Waals surface area contributed by atoms with E-state index in [1.54, 1.807) is 32.2 Å². The van der Waals surface area contributed by atoms with Crippen LogP contribution in [0.1, 0.15) is 147 Å². The molecule has 2 aromatic rings. The number of halogens is 1. The number of rotatable bonds is 23. The molecule has 0 spiro atoms. The number of anilines is 1. The monoisotopic (exact) mass is 760 g/mol. The molecule has 13 heteroatoms. The van der Waals surface area contributed by atoms with Crippen molar-refractivity contribution >= 4 is 46.7 Å². The van der Waals surface area contributed by atoms with Crippen molar-refractivity contribution in [2.75, 3.05) is 11.9 Å². The number of aliphatic carboxylic acids is 1. The summed E-state index contributed by atoms with van der Waals surface area (Å²) in [4.78, 5) is 70.1. The molecule has 0 aliphatic carbocycles. The number of esters is 1. The molecule has 296 valence electrons. The highest BCUT2D eigenvalue weighted by atomic mass is 32.1. The Bertz CT molecular complexity index is 1530. The van der Waals surface area contributed by atoms with Gasteiger partial charge in [0, 0.05) is 50.2 Å². The topological polar surface area (TPSA) is 155 Å². The molecule has 1 aromatic heterocycles. The Kier molecular flexibility index (Phi) is 18.6. The third-order valence-electron chi connectivity index (χ3n) is 9.54. The van der Waals surface area contributed by atoms with Crippen LogP contribution in [0.4, 0.5) is 10.1 Å². The number of unbranched alkanes of at least 4 members (excludes halogenated alkanes) is 3. The second-order valence-corrected chi connectivity index (χ2v) is 16.0. The van der Waals surface area contributed by atoms with E-state index >= 15 is 0 Å². The zero-order valence-corrected chi connectivity index (χ0v) is 33.9. The van der Waals surface area contributed by atoms with E-state index in [4.69, 9.17) is 4.74 Å². The van der Waals surface area contributed by atoms with Gasteiger partial charge in [0.25, 0.3) is 5.91 Å². The smallest absolute Gasteiger partial charge is 0.309 e. The number of thiazole rings is 1. The van der Waals surface area contributed by atoms with Gasteiger partial charge in [-0.15, -0.1) is 11.3 Å². The van der Waals surface area contributed by atoms with E-state index < -0.39 is 41.2 Å². The number of amides is 3. The van der Waals surface area contributed by atoms with E-state index in [0.29, 0.717) is 30.0 Å². The van der Waals surface area contributed by atoms with Crippen LogP contribution in [-0.2, 0) is 30.3 Å². The van der Waals surface area contributed by atoms with E-state index in [1.165, 1.54) is 30.4 Å². The zero-order valence-electron chi connectivity index (χ0n) is 33.1. The van der Waals surface area contributed by atoms with E-state index in [0.717, 1.165) is 32.1 Å². The number of carboxylic acids is 1. The first-order chi connectivity index (χ1) is 24.9. The number of carbonyl (C=O) groups excluding carboxylic acids is 4. The minimum absolute atomic E-state index is 0.0311. The number of hydrogen-bond acceptors (Lipinski definition) is 8. The first-order valence-corrected chi connectivity index (χ1v) is 19.8. The lowest BCUT2D eigenvalue weighted by Gasteiger charge is -2.37. The van der Waals surface area contributed by atoms with Gasteiger partial charge in [-0.05, 0) is 62.6 Å². The highest BCUT2D eigenvalue weighted by molar-refractivity contribution is 7.09. The van der Waals surface area contributed by atoms with Crippen LogP contribution in [0.5, 0.6) is 0 Å². The van der Waals surface area contributed by atoms with Crippen molar-refractivity contribution in [3.63, 3.8) is 0 Å². The van der Waals surface area contributed by atoms with Crippen molar-refractivity contribution < 1.29 is 38.2 Å². The average Bonchev–Trinajstić information content (AvgIpc) is 3.58. The summed E-state index contributed by atoms with van der Waals surface area (Å²) >= 11 is 1.17. The fraction of sp³-hybridized carbons (Fsp3) is 0.650. The molecule has 53 heavy (non-hydrogen) atoms. The van der Waals surface area contributed by atoms with Gasteiger partial charge in [-0.3, -0.25) is 24.0 Å². The molecular weight excluding hydrogens is 700 g/mol. The highest BCUT2D eigenvalue weighted by Crippen LogP contribution is 2.32. The summed E-state index contributed by atoms with van der Waals surface area (Å²) in [5.74, 6) is -2.76. The summed E-state index contributed by atoms with van der Waals surface area (Å²) < 4.78 is 20.7. The number of nitrogens with one attached hydrogen (secondary N) is 2. The molecule has 2 rings (SSSR count). The molecule has 0 aliphatic heterocycles. The number of hydrogen-bond donors (Lipinski definition) is 3. The molecule has 0 saturated heterocycles. The minimum Gasteiger partial charge on any atom is -0.481 e. The lowest BCUT2D eigenvalue weighted by atomic mass is 9.84. The van der Waals surface area contributed by atoms with Crippen LogP contribution < -0.4 is 10.6 Å². The van der Waals surface area contributed by atoms with Crippen molar-refractivity contribution in [3.05, 3.63) is 45.7 Å². The summed E-state index contributed by atoms with van der Waals surface area (Å²) in [6, 6.07) is 3.35. The first-order valence-electron chi connectivity index (χ1n) is 19.0. The Labute approximate surface area is 318 Å². The molecule has 0 aliphatic rings. The Morgan fingerprint density at radius 2 is 1.75 bits per heavy atom. The van der Waals surface area contributed by atoms with Crippen LogP contribution >= 0.6 is 11.3 Å². The van der Waals surface area contributed by atoms with Crippen LogP contribution in [-0.4, -0.2) is 63.3 Å². The molecule has 0 radical (unpaired) electrons. The molecule has 3 amide bonds. The van der Waals surface area contributed by atoms with Crippen molar-refractivity contribution in [2.45, 2.75) is 145 Å². The molecule has 0 bridgehead atoms. The molecule has 0 fully saturated rings. The second kappa shape index (κ2) is 21.7.